The van der Waals surface area contributed by atoms with Crippen LogP contribution >= 0.6 is 0 Å². The van der Waals surface area contributed by atoms with E-state index >= 15 is 0 Å². The van der Waals surface area contributed by atoms with Crippen LogP contribution in [0.2, 0.25) is 0 Å². The minimum Gasteiger partial charge on any atom is -0.479 e. The van der Waals surface area contributed by atoms with Gasteiger partial charge in [0.15, 0.2) is 5.78 Å². The molecule has 106 valence electrons. The van der Waals surface area contributed by atoms with Crippen molar-refractivity contribution >= 4 is 17.3 Å². The molecule has 20 heavy (non-hydrogen) atoms. The number of methoxy groups -OCH3 is 1. The van der Waals surface area contributed by atoms with E-state index in [0.29, 0.717) is 17.1 Å². The van der Waals surface area contributed by atoms with E-state index in [0.717, 1.165) is 0 Å². The Morgan fingerprint density at radius 2 is 2.15 bits per heavy atom. The molecule has 0 aliphatic heterocycles. The van der Waals surface area contributed by atoms with Crippen molar-refractivity contribution in [2.45, 2.75) is 20.3 Å². The quantitative estimate of drug-likeness (QED) is 0.463. The maximum absolute atomic E-state index is 11.9. The van der Waals surface area contributed by atoms with Crippen molar-refractivity contribution in [1.29, 1.82) is 0 Å². The number of rotatable bonds is 5. The predicted molar refractivity (Wildman–Crippen MR) is 69.9 cm³/mol. The van der Waals surface area contributed by atoms with Crippen molar-refractivity contribution in [2.24, 2.45) is 0 Å². The van der Waals surface area contributed by atoms with E-state index in [1.54, 1.807) is 26.1 Å². The van der Waals surface area contributed by atoms with Gasteiger partial charge in [-0.3, -0.25) is 9.59 Å². The molecule has 0 aliphatic rings. The summed E-state index contributed by atoms with van der Waals surface area (Å²) in [6.45, 7) is 3.73. The summed E-state index contributed by atoms with van der Waals surface area (Å²) in [5.74, 6) is -0.574. The Kier molecular flexibility index (Phi) is 3.97. The van der Waals surface area contributed by atoms with Crippen molar-refractivity contribution in [3.8, 4) is 5.88 Å². The van der Waals surface area contributed by atoms with Gasteiger partial charge in [0, 0.05) is 6.07 Å². The van der Waals surface area contributed by atoms with E-state index in [1.807, 2.05) is 0 Å². The highest BCUT2D eigenvalue weighted by Crippen LogP contribution is 2.19. The Hall–Kier alpha value is -2.44. The zero-order chi connectivity index (χ0) is 14.7. The number of esters is 1. The molecular formula is C13H15N3O4. The molecule has 0 fully saturated rings. The predicted octanol–water partition coefficient (Wildman–Crippen LogP) is 1.18. The summed E-state index contributed by atoms with van der Waals surface area (Å²) in [6, 6.07) is 1.55. The Bertz CT molecular complexity index is 663. The van der Waals surface area contributed by atoms with Crippen LogP contribution in [0.5, 0.6) is 5.88 Å². The zero-order valence-electron chi connectivity index (χ0n) is 11.5. The molecule has 0 saturated heterocycles. The van der Waals surface area contributed by atoms with Crippen LogP contribution in [-0.4, -0.2) is 40.1 Å². The first-order valence-electron chi connectivity index (χ1n) is 6.15. The maximum Gasteiger partial charge on any atom is 0.313 e. The lowest BCUT2D eigenvalue weighted by molar-refractivity contribution is -0.141. The molecule has 2 rings (SSSR count). The van der Waals surface area contributed by atoms with Crippen LogP contribution in [0.4, 0.5) is 0 Å². The standard InChI is InChI=1S/C13H15N3O4/c1-4-20-12(18)6-11(17)9-5-10-13(19-3)14-8(2)7-16(10)15-9/h5,7H,4,6H2,1-3H3. The number of Topliss-reactive ketones (excluding diaryl/α,β-unsaturated/α-hetero) is 1. The molecule has 0 amide bonds. The molecule has 0 spiro atoms. The Morgan fingerprint density at radius 3 is 2.80 bits per heavy atom. The third-order valence-corrected chi connectivity index (χ3v) is 2.63. The van der Waals surface area contributed by atoms with Gasteiger partial charge in [-0.1, -0.05) is 0 Å². The number of carbonyl (C=O) groups is 2. The van der Waals surface area contributed by atoms with Crippen molar-refractivity contribution in [2.75, 3.05) is 13.7 Å². The van der Waals surface area contributed by atoms with Crippen LogP contribution in [0.3, 0.4) is 0 Å². The van der Waals surface area contributed by atoms with Crippen molar-refractivity contribution in [3.05, 3.63) is 23.7 Å². The molecule has 0 atom stereocenters. The molecule has 2 heterocycles. The average Bonchev–Trinajstić information content (AvgIpc) is 2.81. The topological polar surface area (TPSA) is 82.8 Å². The first kappa shape index (κ1) is 14.0. The Labute approximate surface area is 115 Å². The minimum atomic E-state index is -0.559. The second-order valence-corrected chi connectivity index (χ2v) is 4.16. The van der Waals surface area contributed by atoms with Gasteiger partial charge in [0.1, 0.15) is 17.6 Å². The number of nitrogens with zero attached hydrogens (tertiary/aromatic N) is 3. The van der Waals surface area contributed by atoms with Crippen LogP contribution in [0.15, 0.2) is 12.3 Å². The molecular weight excluding hydrogens is 262 g/mol. The van der Waals surface area contributed by atoms with E-state index < -0.39 is 11.8 Å². The van der Waals surface area contributed by atoms with E-state index in [9.17, 15) is 9.59 Å². The normalized spacial score (nSPS) is 10.6. The highest BCUT2D eigenvalue weighted by molar-refractivity contribution is 6.05. The molecule has 7 heteroatoms. The summed E-state index contributed by atoms with van der Waals surface area (Å²) < 4.78 is 11.4. The highest BCUT2D eigenvalue weighted by atomic mass is 16.5. The first-order valence-corrected chi connectivity index (χ1v) is 6.15. The zero-order valence-corrected chi connectivity index (χ0v) is 11.5. The minimum absolute atomic E-state index is 0.184. The number of ketones is 1. The van der Waals surface area contributed by atoms with Gasteiger partial charge >= 0.3 is 5.97 Å². The SMILES string of the molecule is CCOC(=O)CC(=O)c1cc2c(OC)nc(C)cn2n1. The number of aromatic nitrogens is 3. The van der Waals surface area contributed by atoms with Gasteiger partial charge in [-0.15, -0.1) is 0 Å². The van der Waals surface area contributed by atoms with Gasteiger partial charge in [0.05, 0.1) is 25.6 Å². The molecule has 2 aromatic heterocycles. The number of fused-ring (bicyclic) bond motifs is 1. The monoisotopic (exact) mass is 277 g/mol. The lowest BCUT2D eigenvalue weighted by atomic mass is 10.2. The van der Waals surface area contributed by atoms with Crippen molar-refractivity contribution in [1.82, 2.24) is 14.6 Å². The van der Waals surface area contributed by atoms with Gasteiger partial charge in [0.2, 0.25) is 5.88 Å². The van der Waals surface area contributed by atoms with Gasteiger partial charge in [0.25, 0.3) is 0 Å². The molecule has 0 aliphatic carbocycles. The lowest BCUT2D eigenvalue weighted by Gasteiger charge is -2.01. The van der Waals surface area contributed by atoms with E-state index in [1.165, 1.54) is 11.6 Å². The van der Waals surface area contributed by atoms with Crippen LogP contribution < -0.4 is 4.74 Å². The molecule has 7 nitrogen and oxygen atoms in total. The van der Waals surface area contributed by atoms with E-state index in [2.05, 4.69) is 10.1 Å². The van der Waals surface area contributed by atoms with Gasteiger partial charge in [-0.25, -0.2) is 9.50 Å². The lowest BCUT2D eigenvalue weighted by Crippen LogP contribution is -2.11. The largest absolute Gasteiger partial charge is 0.479 e. The highest BCUT2D eigenvalue weighted by Gasteiger charge is 2.18. The van der Waals surface area contributed by atoms with Gasteiger partial charge in [-0.05, 0) is 13.8 Å². The van der Waals surface area contributed by atoms with Crippen LogP contribution in [0, 0.1) is 6.92 Å². The first-order chi connectivity index (χ1) is 9.55. The fraction of sp³-hybridized carbons (Fsp3) is 0.385. The Morgan fingerprint density at radius 1 is 1.40 bits per heavy atom. The molecule has 0 bridgehead atoms. The summed E-state index contributed by atoms with van der Waals surface area (Å²) >= 11 is 0. The molecule has 0 aromatic carbocycles. The fourth-order valence-corrected chi connectivity index (χ4v) is 1.80. The molecule has 0 saturated carbocycles. The third kappa shape index (κ3) is 2.76. The van der Waals surface area contributed by atoms with Gasteiger partial charge < -0.3 is 9.47 Å². The summed E-state index contributed by atoms with van der Waals surface area (Å²) in [4.78, 5) is 27.4. The van der Waals surface area contributed by atoms with Crippen molar-refractivity contribution < 1.29 is 19.1 Å². The Balaban J connectivity index is 2.32. The summed E-state index contributed by atoms with van der Waals surface area (Å²) in [7, 11) is 1.49. The molecule has 2 aromatic rings. The number of carbonyl (C=O) groups excluding carboxylic acids is 2. The maximum atomic E-state index is 11.9. The summed E-state index contributed by atoms with van der Waals surface area (Å²) in [6.07, 6.45) is 1.35. The van der Waals surface area contributed by atoms with Crippen LogP contribution in [0.25, 0.3) is 5.52 Å². The van der Waals surface area contributed by atoms with Gasteiger partial charge in [-0.2, -0.15) is 5.10 Å². The number of hydrogen-bond donors (Lipinski definition) is 0. The third-order valence-electron chi connectivity index (χ3n) is 2.63. The average molecular weight is 277 g/mol. The van der Waals surface area contributed by atoms with E-state index in [-0.39, 0.29) is 18.7 Å². The van der Waals surface area contributed by atoms with Crippen LogP contribution in [-0.2, 0) is 9.53 Å². The van der Waals surface area contributed by atoms with E-state index in [4.69, 9.17) is 9.47 Å². The molecule has 0 radical (unpaired) electrons. The summed E-state index contributed by atoms with van der Waals surface area (Å²) in [5.41, 5.74) is 1.47. The second kappa shape index (κ2) is 5.68. The fourth-order valence-electron chi connectivity index (χ4n) is 1.80. The second-order valence-electron chi connectivity index (χ2n) is 4.16. The molecule has 0 unspecified atom stereocenters. The van der Waals surface area contributed by atoms with Crippen LogP contribution in [0.1, 0.15) is 29.5 Å². The van der Waals surface area contributed by atoms with Crippen molar-refractivity contribution in [3.63, 3.8) is 0 Å². The summed E-state index contributed by atoms with van der Waals surface area (Å²) in [5, 5.41) is 4.13. The number of hydrogen-bond acceptors (Lipinski definition) is 6. The number of aryl methyl sites for hydroxylation is 1. The number of ether oxygens (including phenoxy) is 2. The molecule has 0 N–H and O–H groups in total. The smallest absolute Gasteiger partial charge is 0.313 e.